The van der Waals surface area contributed by atoms with Crippen molar-refractivity contribution in [2.45, 2.75) is 50.4 Å². The molecule has 30 heavy (non-hydrogen) atoms. The summed E-state index contributed by atoms with van der Waals surface area (Å²) in [5.74, 6) is -1.09. The molecule has 1 aliphatic carbocycles. The molecule has 0 bridgehead atoms. The van der Waals surface area contributed by atoms with E-state index in [1.54, 1.807) is 12.4 Å². The standard InChI is InChI=1S/C17H24N4O2.C2HF3O2/c1-13-17(23-12-15(22)21(13)11-14-3-4-14)5-9-20(10-6-17)16-18-7-2-8-19-16;3-2(4,5)1(6)7/h2,7-8,13-14H,3-6,9-12H2,1H3;(H,6,7). The van der Waals surface area contributed by atoms with E-state index in [-0.39, 0.29) is 24.2 Å². The fourth-order valence-corrected chi connectivity index (χ4v) is 3.85. The minimum Gasteiger partial charge on any atom is -0.475 e. The van der Waals surface area contributed by atoms with Crippen molar-refractivity contribution in [2.75, 3.05) is 31.1 Å². The van der Waals surface area contributed by atoms with Crippen LogP contribution in [0.15, 0.2) is 18.5 Å². The van der Waals surface area contributed by atoms with E-state index in [1.165, 1.54) is 12.8 Å². The van der Waals surface area contributed by atoms with Crippen LogP contribution >= 0.6 is 0 Å². The number of hydrogen-bond acceptors (Lipinski definition) is 6. The number of ether oxygens (including phenoxy) is 1. The fourth-order valence-electron chi connectivity index (χ4n) is 3.85. The van der Waals surface area contributed by atoms with E-state index >= 15 is 0 Å². The van der Waals surface area contributed by atoms with Crippen molar-refractivity contribution >= 4 is 17.8 Å². The summed E-state index contributed by atoms with van der Waals surface area (Å²) in [6.45, 7) is 5.06. The summed E-state index contributed by atoms with van der Waals surface area (Å²) in [5.41, 5.74) is -0.200. The van der Waals surface area contributed by atoms with E-state index in [4.69, 9.17) is 14.6 Å². The molecule has 1 saturated carbocycles. The third-order valence-electron chi connectivity index (χ3n) is 5.87. The number of carboxylic acid groups (broad SMARTS) is 1. The molecule has 1 aromatic rings. The van der Waals surface area contributed by atoms with Crippen molar-refractivity contribution in [1.29, 1.82) is 0 Å². The molecule has 1 aromatic heterocycles. The van der Waals surface area contributed by atoms with Crippen LogP contribution in [0.5, 0.6) is 0 Å². The Kier molecular flexibility index (Phi) is 6.49. The van der Waals surface area contributed by atoms with E-state index in [0.29, 0.717) is 5.92 Å². The molecule has 0 radical (unpaired) electrons. The molecule has 166 valence electrons. The van der Waals surface area contributed by atoms with Gasteiger partial charge in [0.2, 0.25) is 11.9 Å². The molecule has 1 N–H and O–H groups in total. The van der Waals surface area contributed by atoms with Gasteiger partial charge >= 0.3 is 12.1 Å². The van der Waals surface area contributed by atoms with Crippen LogP contribution in [0.1, 0.15) is 32.6 Å². The summed E-state index contributed by atoms with van der Waals surface area (Å²) in [5, 5.41) is 7.12. The van der Waals surface area contributed by atoms with Crippen LogP contribution in [0, 0.1) is 5.92 Å². The minimum absolute atomic E-state index is 0.156. The van der Waals surface area contributed by atoms with E-state index in [2.05, 4.69) is 26.7 Å². The second kappa shape index (κ2) is 8.75. The summed E-state index contributed by atoms with van der Waals surface area (Å²) < 4.78 is 37.8. The molecule has 8 nitrogen and oxygen atoms in total. The first-order valence-electron chi connectivity index (χ1n) is 9.88. The number of morpholine rings is 1. The van der Waals surface area contributed by atoms with Crippen LogP contribution in [0.2, 0.25) is 0 Å². The summed E-state index contributed by atoms with van der Waals surface area (Å²) in [6, 6.07) is 1.99. The Morgan fingerprint density at radius 2 is 1.83 bits per heavy atom. The van der Waals surface area contributed by atoms with E-state index in [9.17, 15) is 18.0 Å². The van der Waals surface area contributed by atoms with Gasteiger partial charge in [-0.25, -0.2) is 14.8 Å². The number of rotatable bonds is 3. The third kappa shape index (κ3) is 5.18. The maximum Gasteiger partial charge on any atom is 0.490 e. The summed E-state index contributed by atoms with van der Waals surface area (Å²) in [6.07, 6.45) is 2.85. The quantitative estimate of drug-likeness (QED) is 0.785. The van der Waals surface area contributed by atoms with Crippen LogP contribution in [-0.2, 0) is 14.3 Å². The fraction of sp³-hybridized carbons (Fsp3) is 0.684. The van der Waals surface area contributed by atoms with E-state index in [1.807, 2.05) is 6.07 Å². The number of piperidine rings is 1. The maximum absolute atomic E-state index is 12.3. The zero-order valence-electron chi connectivity index (χ0n) is 16.6. The highest BCUT2D eigenvalue weighted by Gasteiger charge is 2.49. The van der Waals surface area contributed by atoms with Gasteiger partial charge in [0.05, 0.1) is 11.6 Å². The molecular formula is C19H25F3N4O4. The molecule has 3 heterocycles. The van der Waals surface area contributed by atoms with Crippen LogP contribution < -0.4 is 4.90 Å². The predicted octanol–water partition coefficient (Wildman–Crippen LogP) is 2.11. The number of alkyl halides is 3. The zero-order chi connectivity index (χ0) is 21.9. The molecule has 1 atom stereocenters. The zero-order valence-corrected chi connectivity index (χ0v) is 16.6. The van der Waals surface area contributed by atoms with Crippen molar-refractivity contribution in [3.05, 3.63) is 18.5 Å². The van der Waals surface area contributed by atoms with Gasteiger partial charge in [0.15, 0.2) is 0 Å². The lowest BCUT2D eigenvalue weighted by Crippen LogP contribution is -2.64. The molecule has 3 fully saturated rings. The van der Waals surface area contributed by atoms with Crippen molar-refractivity contribution in [3.8, 4) is 0 Å². The SMILES string of the molecule is CC1N(CC2CC2)C(=O)COC12CCN(c1ncccn1)CC2.O=C(O)C(F)(F)F. The number of anilines is 1. The molecule has 11 heteroatoms. The number of nitrogens with zero attached hydrogens (tertiary/aromatic N) is 4. The number of amides is 1. The van der Waals surface area contributed by atoms with Gasteiger partial charge in [0.1, 0.15) is 6.61 Å². The molecule has 1 amide bonds. The van der Waals surface area contributed by atoms with Crippen molar-refractivity contribution < 1.29 is 32.6 Å². The third-order valence-corrected chi connectivity index (χ3v) is 5.87. The number of hydrogen-bond donors (Lipinski definition) is 1. The monoisotopic (exact) mass is 430 g/mol. The molecule has 1 spiro atoms. The molecule has 4 rings (SSSR count). The number of aliphatic carboxylic acids is 1. The number of carboxylic acids is 1. The first kappa shape index (κ1) is 22.3. The van der Waals surface area contributed by atoms with Gasteiger partial charge in [-0.15, -0.1) is 0 Å². The molecule has 3 aliphatic rings. The summed E-state index contributed by atoms with van der Waals surface area (Å²) in [7, 11) is 0. The van der Waals surface area contributed by atoms with Crippen molar-refractivity contribution in [1.82, 2.24) is 14.9 Å². The first-order chi connectivity index (χ1) is 14.1. The van der Waals surface area contributed by atoms with Crippen LogP contribution in [-0.4, -0.2) is 75.9 Å². The summed E-state index contributed by atoms with van der Waals surface area (Å²) >= 11 is 0. The van der Waals surface area contributed by atoms with Gasteiger partial charge in [-0.3, -0.25) is 4.79 Å². The van der Waals surface area contributed by atoms with Gasteiger partial charge < -0.3 is 19.6 Å². The van der Waals surface area contributed by atoms with Crippen LogP contribution in [0.3, 0.4) is 0 Å². The van der Waals surface area contributed by atoms with Crippen LogP contribution in [0.25, 0.3) is 0 Å². The second-order valence-corrected chi connectivity index (χ2v) is 7.86. The Hall–Kier alpha value is -2.43. The van der Waals surface area contributed by atoms with E-state index < -0.39 is 12.1 Å². The van der Waals surface area contributed by atoms with Gasteiger partial charge in [-0.2, -0.15) is 13.2 Å². The highest BCUT2D eigenvalue weighted by molar-refractivity contribution is 5.79. The van der Waals surface area contributed by atoms with Crippen LogP contribution in [0.4, 0.5) is 19.1 Å². The lowest BCUT2D eigenvalue weighted by atomic mass is 9.82. The number of carbonyl (C=O) groups is 2. The Morgan fingerprint density at radius 3 is 2.33 bits per heavy atom. The van der Waals surface area contributed by atoms with E-state index in [0.717, 1.165) is 38.4 Å². The van der Waals surface area contributed by atoms with Gasteiger partial charge in [-0.05, 0) is 44.6 Å². The van der Waals surface area contributed by atoms with Gasteiger partial charge in [-0.1, -0.05) is 0 Å². The predicted molar refractivity (Wildman–Crippen MR) is 99.8 cm³/mol. The average molecular weight is 430 g/mol. The molecule has 2 aliphatic heterocycles. The molecule has 2 saturated heterocycles. The topological polar surface area (TPSA) is 95.9 Å². The Labute approximate surface area is 172 Å². The highest BCUT2D eigenvalue weighted by Crippen LogP contribution is 2.39. The largest absolute Gasteiger partial charge is 0.490 e. The normalized spacial score (nSPS) is 23.7. The number of aromatic nitrogens is 2. The van der Waals surface area contributed by atoms with Gasteiger partial charge in [0, 0.05) is 32.0 Å². The van der Waals surface area contributed by atoms with Crippen molar-refractivity contribution in [3.63, 3.8) is 0 Å². The number of carbonyl (C=O) groups excluding carboxylic acids is 1. The Morgan fingerprint density at radius 1 is 1.27 bits per heavy atom. The lowest BCUT2D eigenvalue weighted by molar-refractivity contribution is -0.192. The smallest absolute Gasteiger partial charge is 0.475 e. The average Bonchev–Trinajstić information content (AvgIpc) is 3.54. The highest BCUT2D eigenvalue weighted by atomic mass is 19.4. The maximum atomic E-state index is 12.3. The Balaban J connectivity index is 0.000000318. The molecule has 0 aromatic carbocycles. The van der Waals surface area contributed by atoms with Gasteiger partial charge in [0.25, 0.3) is 0 Å². The second-order valence-electron chi connectivity index (χ2n) is 7.86. The summed E-state index contributed by atoms with van der Waals surface area (Å²) in [4.78, 5) is 34.1. The lowest BCUT2D eigenvalue weighted by Gasteiger charge is -2.51. The van der Waals surface area contributed by atoms with Crippen molar-refractivity contribution in [2.24, 2.45) is 5.92 Å². The molecular weight excluding hydrogens is 405 g/mol. The minimum atomic E-state index is -5.08. The molecule has 1 unspecified atom stereocenters. The Bertz CT molecular complexity index is 750. The number of halogens is 3. The first-order valence-corrected chi connectivity index (χ1v) is 9.88.